The average Bonchev–Trinajstić information content (AvgIpc) is 2.30. The molecule has 2 bridgehead atoms. The van der Waals surface area contributed by atoms with Crippen LogP contribution in [0.2, 0.25) is 0 Å². The van der Waals surface area contributed by atoms with Crippen LogP contribution in [0.25, 0.3) is 0 Å². The van der Waals surface area contributed by atoms with E-state index in [1.165, 1.54) is 25.7 Å². The summed E-state index contributed by atoms with van der Waals surface area (Å²) >= 11 is 0. The molecule has 0 aromatic rings. The minimum Gasteiger partial charge on any atom is -0.390 e. The maximum Gasteiger partial charge on any atom is 0.112 e. The molecule has 0 amide bonds. The van der Waals surface area contributed by atoms with Crippen LogP contribution in [0.15, 0.2) is 11.6 Å². The van der Waals surface area contributed by atoms with Crippen molar-refractivity contribution in [2.24, 2.45) is 11.3 Å². The van der Waals surface area contributed by atoms with Crippen LogP contribution in [0, 0.1) is 11.3 Å². The fraction of sp³-hybridized carbons (Fsp3) is 0.857. The van der Waals surface area contributed by atoms with Crippen molar-refractivity contribution in [1.29, 1.82) is 0 Å². The molecule has 0 radical (unpaired) electrons. The Morgan fingerprint density at radius 3 is 2.94 bits per heavy atom. The van der Waals surface area contributed by atoms with Crippen molar-refractivity contribution >= 4 is 0 Å². The molecular weight excluding hydrogens is 200 g/mol. The highest BCUT2D eigenvalue weighted by Crippen LogP contribution is 2.60. The van der Waals surface area contributed by atoms with Crippen LogP contribution in [-0.4, -0.2) is 23.9 Å². The van der Waals surface area contributed by atoms with Crippen molar-refractivity contribution < 1.29 is 9.84 Å². The Hall–Kier alpha value is -0.340. The van der Waals surface area contributed by atoms with E-state index in [2.05, 4.69) is 13.0 Å². The molecule has 1 spiro atoms. The minimum absolute atomic E-state index is 0.296. The van der Waals surface area contributed by atoms with Crippen molar-refractivity contribution in [3.63, 3.8) is 0 Å². The Balaban J connectivity index is 2.07. The quantitative estimate of drug-likeness (QED) is 0.691. The largest absolute Gasteiger partial charge is 0.390 e. The molecule has 2 fully saturated rings. The molecule has 2 heteroatoms. The van der Waals surface area contributed by atoms with Crippen LogP contribution in [0.3, 0.4) is 0 Å². The number of hydrogen-bond acceptors (Lipinski definition) is 2. The molecule has 4 atom stereocenters. The van der Waals surface area contributed by atoms with Gasteiger partial charge >= 0.3 is 0 Å². The first-order chi connectivity index (χ1) is 7.63. The van der Waals surface area contributed by atoms with Gasteiger partial charge in [0, 0.05) is 7.11 Å². The summed E-state index contributed by atoms with van der Waals surface area (Å²) < 4.78 is 5.63. The third-order valence-corrected chi connectivity index (χ3v) is 5.55. The number of rotatable bonds is 1. The number of hydrogen-bond donors (Lipinski definition) is 1. The van der Waals surface area contributed by atoms with Gasteiger partial charge in [-0.1, -0.05) is 18.6 Å². The van der Waals surface area contributed by atoms with Crippen molar-refractivity contribution in [3.05, 3.63) is 11.6 Å². The normalized spacial score (nSPS) is 51.1. The number of fused-ring (bicyclic) bond motifs is 2. The van der Waals surface area contributed by atoms with E-state index < -0.39 is 0 Å². The van der Waals surface area contributed by atoms with Gasteiger partial charge in [0.25, 0.3) is 0 Å². The number of allylic oxidation sites excluding steroid dienone is 1. The van der Waals surface area contributed by atoms with Crippen LogP contribution in [0.4, 0.5) is 0 Å². The standard InChI is InChI=1S/C14H22O2/c1-10-4-3-5-11-8-14(16-2)7-6-13(10,11)9-12(14)15/h8,10,12,15H,3-7,9H2,1-2H3/t10?,12-,13-,14+/m1/s1. The minimum atomic E-state index is -0.353. The molecule has 1 unspecified atom stereocenters. The Bertz CT molecular complexity index is 336. The van der Waals surface area contributed by atoms with E-state index in [1.807, 2.05) is 0 Å². The second-order valence-electron chi connectivity index (χ2n) is 6.00. The van der Waals surface area contributed by atoms with E-state index in [0.29, 0.717) is 5.41 Å². The Morgan fingerprint density at radius 2 is 2.25 bits per heavy atom. The van der Waals surface area contributed by atoms with E-state index in [9.17, 15) is 5.11 Å². The number of aliphatic hydroxyl groups is 1. The lowest BCUT2D eigenvalue weighted by molar-refractivity contribution is -0.142. The molecule has 0 aliphatic heterocycles. The van der Waals surface area contributed by atoms with Crippen LogP contribution < -0.4 is 0 Å². The lowest BCUT2D eigenvalue weighted by Crippen LogP contribution is -2.57. The first-order valence-electron chi connectivity index (χ1n) is 6.58. The lowest BCUT2D eigenvalue weighted by atomic mass is 9.50. The molecule has 4 rings (SSSR count). The van der Waals surface area contributed by atoms with Gasteiger partial charge in [-0.05, 0) is 49.9 Å². The fourth-order valence-corrected chi connectivity index (χ4v) is 4.36. The summed E-state index contributed by atoms with van der Waals surface area (Å²) in [4.78, 5) is 0. The zero-order chi connectivity index (χ0) is 11.4. The molecule has 90 valence electrons. The molecule has 2 saturated carbocycles. The summed E-state index contributed by atoms with van der Waals surface area (Å²) in [6.45, 7) is 2.37. The van der Waals surface area contributed by atoms with Gasteiger partial charge in [0.15, 0.2) is 0 Å². The first-order valence-corrected chi connectivity index (χ1v) is 6.58. The molecule has 16 heavy (non-hydrogen) atoms. The summed E-state index contributed by atoms with van der Waals surface area (Å²) in [6, 6.07) is 0. The Labute approximate surface area is 97.7 Å². The smallest absolute Gasteiger partial charge is 0.112 e. The van der Waals surface area contributed by atoms with Crippen molar-refractivity contribution in [3.8, 4) is 0 Å². The molecule has 0 heterocycles. The summed E-state index contributed by atoms with van der Waals surface area (Å²) in [5.74, 6) is 0.734. The van der Waals surface area contributed by atoms with Gasteiger partial charge in [-0.2, -0.15) is 0 Å². The van der Waals surface area contributed by atoms with E-state index in [0.717, 1.165) is 18.8 Å². The van der Waals surface area contributed by atoms with E-state index in [-0.39, 0.29) is 11.7 Å². The summed E-state index contributed by atoms with van der Waals surface area (Å²) in [5, 5.41) is 10.3. The predicted octanol–water partition coefficient (Wildman–Crippen LogP) is 2.66. The van der Waals surface area contributed by atoms with Gasteiger partial charge in [-0.15, -0.1) is 0 Å². The Morgan fingerprint density at radius 1 is 1.44 bits per heavy atom. The number of aliphatic hydroxyl groups excluding tert-OH is 1. The third kappa shape index (κ3) is 1.15. The van der Waals surface area contributed by atoms with Crippen molar-refractivity contribution in [2.75, 3.05) is 7.11 Å². The first kappa shape index (κ1) is 10.8. The molecule has 2 nitrogen and oxygen atoms in total. The van der Waals surface area contributed by atoms with Crippen LogP contribution in [0.1, 0.15) is 45.4 Å². The molecule has 1 N–H and O–H groups in total. The van der Waals surface area contributed by atoms with Crippen LogP contribution >= 0.6 is 0 Å². The zero-order valence-electron chi connectivity index (χ0n) is 10.3. The summed E-state index contributed by atoms with van der Waals surface area (Å²) in [7, 11) is 1.74. The SMILES string of the molecule is CO[C@]12C=C3CCCC(C)[C@@]3(CC1)C[C@H]2O. The van der Waals surface area contributed by atoms with Gasteiger partial charge in [0.05, 0.1) is 6.10 Å². The highest BCUT2D eigenvalue weighted by molar-refractivity contribution is 5.33. The highest BCUT2D eigenvalue weighted by atomic mass is 16.5. The highest BCUT2D eigenvalue weighted by Gasteiger charge is 2.57. The van der Waals surface area contributed by atoms with Crippen molar-refractivity contribution in [1.82, 2.24) is 0 Å². The number of methoxy groups -OCH3 is 1. The van der Waals surface area contributed by atoms with E-state index in [1.54, 1.807) is 12.7 Å². The summed E-state index contributed by atoms with van der Waals surface area (Å²) in [6.07, 6.45) is 8.98. The van der Waals surface area contributed by atoms with Gasteiger partial charge < -0.3 is 9.84 Å². The molecule has 0 saturated heterocycles. The number of ether oxygens (including phenoxy) is 1. The molecular formula is C14H22O2. The van der Waals surface area contributed by atoms with Gasteiger partial charge in [-0.25, -0.2) is 0 Å². The maximum absolute atomic E-state index is 10.3. The van der Waals surface area contributed by atoms with Gasteiger partial charge in [0.2, 0.25) is 0 Å². The van der Waals surface area contributed by atoms with E-state index >= 15 is 0 Å². The van der Waals surface area contributed by atoms with Crippen LogP contribution in [0.5, 0.6) is 0 Å². The average molecular weight is 222 g/mol. The topological polar surface area (TPSA) is 29.5 Å². The molecule has 4 aliphatic rings. The lowest BCUT2D eigenvalue weighted by Gasteiger charge is -2.58. The molecule has 0 aromatic carbocycles. The van der Waals surface area contributed by atoms with Crippen molar-refractivity contribution in [2.45, 2.75) is 57.2 Å². The zero-order valence-corrected chi connectivity index (χ0v) is 10.3. The second-order valence-corrected chi connectivity index (χ2v) is 6.00. The Kier molecular flexibility index (Phi) is 2.25. The second kappa shape index (κ2) is 3.33. The molecule has 4 aliphatic carbocycles. The molecule has 0 aromatic heterocycles. The fourth-order valence-electron chi connectivity index (χ4n) is 4.36. The third-order valence-electron chi connectivity index (χ3n) is 5.55. The van der Waals surface area contributed by atoms with Crippen LogP contribution in [-0.2, 0) is 4.74 Å². The van der Waals surface area contributed by atoms with Gasteiger partial charge in [-0.3, -0.25) is 0 Å². The summed E-state index contributed by atoms with van der Waals surface area (Å²) in [5.41, 5.74) is 1.55. The maximum atomic E-state index is 10.3. The van der Waals surface area contributed by atoms with E-state index in [4.69, 9.17) is 4.74 Å². The van der Waals surface area contributed by atoms with Gasteiger partial charge in [0.1, 0.15) is 5.60 Å². The predicted molar refractivity (Wildman–Crippen MR) is 63.1 cm³/mol. The monoisotopic (exact) mass is 222 g/mol.